The Morgan fingerprint density at radius 3 is 2.67 bits per heavy atom. The van der Waals surface area contributed by atoms with Gasteiger partial charge in [0.25, 0.3) is 0 Å². The fraction of sp³-hybridized carbons (Fsp3) is 0.364. The molecule has 0 saturated carbocycles. The number of benzene rings is 1. The number of hydrogen-bond acceptors (Lipinski definition) is 2. The van der Waals surface area contributed by atoms with Crippen LogP contribution in [0, 0.1) is 6.92 Å². The minimum Gasteiger partial charge on any atom is -0.462 e. The van der Waals surface area contributed by atoms with Gasteiger partial charge in [-0.15, -0.1) is 0 Å². The summed E-state index contributed by atoms with van der Waals surface area (Å²) in [5, 5.41) is 0.721. The largest absolute Gasteiger partial charge is 0.462 e. The van der Waals surface area contributed by atoms with Crippen molar-refractivity contribution in [3.05, 3.63) is 33.3 Å². The normalized spacial score (nSPS) is 10.1. The molecular weight excluding hydrogens is 324 g/mol. The molecule has 0 aliphatic rings. The van der Waals surface area contributed by atoms with Crippen molar-refractivity contribution in [2.24, 2.45) is 0 Å². The predicted octanol–water partition coefficient (Wildman–Crippen LogP) is 3.83. The second-order valence-electron chi connectivity index (χ2n) is 3.10. The molecule has 4 heteroatoms. The van der Waals surface area contributed by atoms with Gasteiger partial charge < -0.3 is 4.74 Å². The van der Waals surface area contributed by atoms with E-state index in [0.717, 1.165) is 20.9 Å². The Kier molecular flexibility index (Phi) is 4.80. The lowest BCUT2D eigenvalue weighted by Crippen LogP contribution is -2.07. The van der Waals surface area contributed by atoms with E-state index in [9.17, 15) is 4.79 Å². The van der Waals surface area contributed by atoms with Crippen LogP contribution in [0.2, 0.25) is 0 Å². The molecule has 0 aliphatic heterocycles. The lowest BCUT2D eigenvalue weighted by atomic mass is 10.1. The zero-order valence-corrected chi connectivity index (χ0v) is 11.8. The second-order valence-corrected chi connectivity index (χ2v) is 4.52. The van der Waals surface area contributed by atoms with Crippen molar-refractivity contribution in [2.45, 2.75) is 19.2 Å². The van der Waals surface area contributed by atoms with Crippen LogP contribution in [0.1, 0.15) is 28.4 Å². The highest BCUT2D eigenvalue weighted by Crippen LogP contribution is 2.24. The van der Waals surface area contributed by atoms with Crippen molar-refractivity contribution in [3.63, 3.8) is 0 Å². The van der Waals surface area contributed by atoms with Crippen LogP contribution in [0.4, 0.5) is 0 Å². The van der Waals surface area contributed by atoms with Gasteiger partial charge in [-0.25, -0.2) is 4.79 Å². The second kappa shape index (κ2) is 5.66. The molecule has 0 saturated heterocycles. The summed E-state index contributed by atoms with van der Waals surface area (Å²) < 4.78 is 5.92. The average Bonchev–Trinajstić information content (AvgIpc) is 2.22. The van der Waals surface area contributed by atoms with Gasteiger partial charge in [0.15, 0.2) is 0 Å². The van der Waals surface area contributed by atoms with Gasteiger partial charge in [0.2, 0.25) is 0 Å². The first-order chi connectivity index (χ1) is 7.10. The minimum absolute atomic E-state index is 0.265. The van der Waals surface area contributed by atoms with Crippen LogP contribution in [0.3, 0.4) is 0 Å². The summed E-state index contributed by atoms with van der Waals surface area (Å²) in [5.41, 5.74) is 2.59. The molecule has 0 amide bonds. The van der Waals surface area contributed by atoms with Gasteiger partial charge in [-0.3, -0.25) is 0 Å². The minimum atomic E-state index is -0.265. The van der Waals surface area contributed by atoms with E-state index in [1.54, 1.807) is 6.92 Å². The number of rotatable bonds is 3. The Labute approximate surface area is 106 Å². The summed E-state index contributed by atoms with van der Waals surface area (Å²) in [6.07, 6.45) is 0. The van der Waals surface area contributed by atoms with Crippen LogP contribution in [-0.2, 0) is 10.1 Å². The molecule has 0 fully saturated rings. The third-order valence-corrected chi connectivity index (χ3v) is 3.52. The lowest BCUT2D eigenvalue weighted by molar-refractivity contribution is 0.0525. The maximum atomic E-state index is 11.6. The molecule has 82 valence electrons. The van der Waals surface area contributed by atoms with Crippen molar-refractivity contribution in [1.82, 2.24) is 0 Å². The molecule has 2 nitrogen and oxygen atoms in total. The zero-order valence-electron chi connectivity index (χ0n) is 8.64. The molecule has 0 N–H and O–H groups in total. The average molecular weight is 336 g/mol. The molecule has 0 radical (unpaired) electrons. The van der Waals surface area contributed by atoms with E-state index in [1.165, 1.54) is 0 Å². The zero-order chi connectivity index (χ0) is 11.4. The van der Waals surface area contributed by atoms with E-state index in [2.05, 4.69) is 31.9 Å². The lowest BCUT2D eigenvalue weighted by Gasteiger charge is -2.09. The summed E-state index contributed by atoms with van der Waals surface area (Å²) in [7, 11) is 0. The highest BCUT2D eigenvalue weighted by Gasteiger charge is 2.13. The van der Waals surface area contributed by atoms with E-state index in [1.807, 2.05) is 19.1 Å². The Morgan fingerprint density at radius 1 is 1.47 bits per heavy atom. The van der Waals surface area contributed by atoms with Gasteiger partial charge in [0, 0.05) is 9.80 Å². The van der Waals surface area contributed by atoms with Crippen LogP contribution in [0.15, 0.2) is 16.6 Å². The fourth-order valence-electron chi connectivity index (χ4n) is 1.23. The molecule has 0 aliphatic carbocycles. The highest BCUT2D eigenvalue weighted by atomic mass is 79.9. The molecule has 0 unspecified atom stereocenters. The Bertz CT molecular complexity index is 375. The smallest absolute Gasteiger partial charge is 0.338 e. The third kappa shape index (κ3) is 3.05. The molecule has 0 bridgehead atoms. The number of carbonyl (C=O) groups excluding carboxylic acids is 1. The van der Waals surface area contributed by atoms with Crippen molar-refractivity contribution >= 4 is 37.8 Å². The Morgan fingerprint density at radius 2 is 2.13 bits per heavy atom. The molecule has 15 heavy (non-hydrogen) atoms. The van der Waals surface area contributed by atoms with Crippen LogP contribution in [0.5, 0.6) is 0 Å². The van der Waals surface area contributed by atoms with Crippen LogP contribution in [0.25, 0.3) is 0 Å². The van der Waals surface area contributed by atoms with Gasteiger partial charge in [-0.2, -0.15) is 0 Å². The maximum absolute atomic E-state index is 11.6. The van der Waals surface area contributed by atoms with Crippen LogP contribution >= 0.6 is 31.9 Å². The fourth-order valence-corrected chi connectivity index (χ4v) is 2.06. The van der Waals surface area contributed by atoms with E-state index in [0.29, 0.717) is 12.2 Å². The van der Waals surface area contributed by atoms with E-state index < -0.39 is 0 Å². The first-order valence-corrected chi connectivity index (χ1v) is 6.53. The molecule has 0 heterocycles. The topological polar surface area (TPSA) is 26.3 Å². The summed E-state index contributed by atoms with van der Waals surface area (Å²) in [6, 6.07) is 3.85. The Balaban J connectivity index is 3.15. The molecule has 0 atom stereocenters. The van der Waals surface area contributed by atoms with Gasteiger partial charge in [0.1, 0.15) is 0 Å². The van der Waals surface area contributed by atoms with Crippen LogP contribution < -0.4 is 0 Å². The Hall–Kier alpha value is -0.350. The van der Waals surface area contributed by atoms with E-state index in [-0.39, 0.29) is 5.97 Å². The molecule has 1 rings (SSSR count). The molecule has 1 aromatic rings. The molecule has 0 spiro atoms. The first-order valence-electron chi connectivity index (χ1n) is 4.62. The predicted molar refractivity (Wildman–Crippen MR) is 67.5 cm³/mol. The van der Waals surface area contributed by atoms with Gasteiger partial charge >= 0.3 is 5.97 Å². The number of carbonyl (C=O) groups is 1. The summed E-state index contributed by atoms with van der Waals surface area (Å²) in [6.45, 7) is 4.10. The quantitative estimate of drug-likeness (QED) is 0.620. The number of alkyl halides is 1. The van der Waals surface area contributed by atoms with E-state index in [4.69, 9.17) is 4.74 Å². The highest BCUT2D eigenvalue weighted by molar-refractivity contribution is 9.10. The van der Waals surface area contributed by atoms with Crippen molar-refractivity contribution in [2.75, 3.05) is 6.61 Å². The number of esters is 1. The monoisotopic (exact) mass is 334 g/mol. The van der Waals surface area contributed by atoms with Crippen molar-refractivity contribution < 1.29 is 9.53 Å². The SMILES string of the molecule is CCOC(=O)c1cc(CBr)cc(Br)c1C. The van der Waals surface area contributed by atoms with Crippen molar-refractivity contribution in [3.8, 4) is 0 Å². The standard InChI is InChI=1S/C11H12Br2O2/c1-3-15-11(14)9-4-8(6-12)5-10(13)7(9)2/h4-5H,3,6H2,1-2H3. The maximum Gasteiger partial charge on any atom is 0.338 e. The molecule has 1 aromatic carbocycles. The van der Waals surface area contributed by atoms with Crippen molar-refractivity contribution in [1.29, 1.82) is 0 Å². The number of hydrogen-bond donors (Lipinski definition) is 0. The molecular formula is C11H12Br2O2. The van der Waals surface area contributed by atoms with Gasteiger partial charge in [-0.1, -0.05) is 31.9 Å². The summed E-state index contributed by atoms with van der Waals surface area (Å²) >= 11 is 6.79. The molecule has 0 aromatic heterocycles. The van der Waals surface area contributed by atoms with E-state index >= 15 is 0 Å². The summed E-state index contributed by atoms with van der Waals surface area (Å²) in [4.78, 5) is 11.6. The number of halogens is 2. The van der Waals surface area contributed by atoms with Gasteiger partial charge in [0.05, 0.1) is 12.2 Å². The van der Waals surface area contributed by atoms with Crippen LogP contribution in [-0.4, -0.2) is 12.6 Å². The third-order valence-electron chi connectivity index (χ3n) is 2.05. The number of ether oxygens (including phenoxy) is 1. The summed E-state index contributed by atoms with van der Waals surface area (Å²) in [5.74, 6) is -0.265. The first kappa shape index (κ1) is 12.7. The van der Waals surface area contributed by atoms with Gasteiger partial charge in [-0.05, 0) is 37.1 Å².